The largest absolute Gasteiger partial charge is 0.315 e. The number of aliphatic imine (C=N–C) groups is 1. The van der Waals surface area contributed by atoms with Crippen LogP contribution < -0.4 is 5.32 Å². The van der Waals surface area contributed by atoms with Crippen LogP contribution in [0.4, 0.5) is 0 Å². The molecule has 2 unspecified atom stereocenters. The maximum Gasteiger partial charge on any atom is 0.240 e. The maximum absolute atomic E-state index is 13.2. The summed E-state index contributed by atoms with van der Waals surface area (Å²) in [4.78, 5) is 4.73. The van der Waals surface area contributed by atoms with Crippen molar-refractivity contribution in [1.82, 2.24) is 9.62 Å². The molecule has 3 atom stereocenters. The van der Waals surface area contributed by atoms with Crippen LogP contribution in [-0.4, -0.2) is 44.6 Å². The molecular formula is C16H23N3O2S. The summed E-state index contributed by atoms with van der Waals surface area (Å²) in [5.41, 5.74) is 1.01. The van der Waals surface area contributed by atoms with E-state index < -0.39 is 10.0 Å². The minimum Gasteiger partial charge on any atom is -0.315 e. The first kappa shape index (κ1) is 15.6. The molecule has 0 aromatic carbocycles. The minimum atomic E-state index is -3.46. The Morgan fingerprint density at radius 1 is 1.41 bits per heavy atom. The number of fused-ring (bicyclic) bond motifs is 1. The van der Waals surface area contributed by atoms with Gasteiger partial charge in [0.2, 0.25) is 10.0 Å². The molecule has 3 aliphatic rings. The third-order valence-electron chi connectivity index (χ3n) is 4.58. The van der Waals surface area contributed by atoms with Crippen LogP contribution in [0.25, 0.3) is 0 Å². The van der Waals surface area contributed by atoms with Crippen LogP contribution in [0.5, 0.6) is 0 Å². The predicted octanol–water partition coefficient (Wildman–Crippen LogP) is 1.67. The molecule has 0 amide bonds. The Hall–Kier alpha value is -1.24. The van der Waals surface area contributed by atoms with Gasteiger partial charge in [0.15, 0.2) is 0 Å². The molecule has 22 heavy (non-hydrogen) atoms. The van der Waals surface area contributed by atoms with Gasteiger partial charge < -0.3 is 5.32 Å². The molecule has 1 N–H and O–H groups in total. The molecule has 2 aliphatic heterocycles. The Morgan fingerprint density at radius 3 is 3.05 bits per heavy atom. The van der Waals surface area contributed by atoms with Crippen LogP contribution in [-0.2, 0) is 10.0 Å². The Bertz CT molecular complexity index is 661. The molecule has 0 spiro atoms. The lowest BCUT2D eigenvalue weighted by molar-refractivity contribution is 0.354. The fourth-order valence-corrected chi connectivity index (χ4v) is 5.52. The number of nitrogens with zero attached hydrogens (tertiary/aromatic N) is 2. The fourth-order valence-electron chi connectivity index (χ4n) is 3.42. The molecule has 1 saturated heterocycles. The van der Waals surface area contributed by atoms with E-state index in [9.17, 15) is 8.42 Å². The monoisotopic (exact) mass is 321 g/mol. The Morgan fingerprint density at radius 2 is 2.23 bits per heavy atom. The van der Waals surface area contributed by atoms with Crippen LogP contribution in [0.1, 0.15) is 20.3 Å². The summed E-state index contributed by atoms with van der Waals surface area (Å²) in [5.74, 6) is -0.0731. The minimum absolute atomic E-state index is 0.0284. The summed E-state index contributed by atoms with van der Waals surface area (Å²) in [6.45, 7) is 6.08. The summed E-state index contributed by atoms with van der Waals surface area (Å²) >= 11 is 0. The highest BCUT2D eigenvalue weighted by Gasteiger charge is 2.39. The maximum atomic E-state index is 13.2. The van der Waals surface area contributed by atoms with Crippen molar-refractivity contribution in [3.05, 3.63) is 34.9 Å². The second-order valence-corrected chi connectivity index (χ2v) is 8.09. The van der Waals surface area contributed by atoms with Gasteiger partial charge in [-0.1, -0.05) is 12.2 Å². The third kappa shape index (κ3) is 2.71. The van der Waals surface area contributed by atoms with Gasteiger partial charge in [0.25, 0.3) is 0 Å². The van der Waals surface area contributed by atoms with Gasteiger partial charge in [-0.15, -0.1) is 0 Å². The van der Waals surface area contributed by atoms with Gasteiger partial charge in [0.1, 0.15) is 0 Å². The zero-order valence-corrected chi connectivity index (χ0v) is 13.9. The van der Waals surface area contributed by atoms with Crippen molar-refractivity contribution in [3.63, 3.8) is 0 Å². The van der Waals surface area contributed by atoms with Crippen molar-refractivity contribution in [3.8, 4) is 0 Å². The lowest BCUT2D eigenvalue weighted by Crippen LogP contribution is -2.44. The molecule has 2 heterocycles. The Labute approximate surface area is 132 Å². The number of hydrogen-bond acceptors (Lipinski definition) is 4. The molecule has 5 nitrogen and oxygen atoms in total. The van der Waals surface area contributed by atoms with Crippen molar-refractivity contribution in [2.75, 3.05) is 19.6 Å². The molecular weight excluding hydrogens is 298 g/mol. The molecule has 3 rings (SSSR count). The number of hydrogen-bond donors (Lipinski definition) is 1. The average Bonchev–Trinajstić information content (AvgIpc) is 2.72. The van der Waals surface area contributed by atoms with Crippen LogP contribution in [0.3, 0.4) is 0 Å². The van der Waals surface area contributed by atoms with Crippen molar-refractivity contribution < 1.29 is 8.42 Å². The van der Waals surface area contributed by atoms with Crippen molar-refractivity contribution in [2.24, 2.45) is 16.8 Å². The summed E-state index contributed by atoms with van der Waals surface area (Å²) in [6.07, 6.45) is 10.1. The van der Waals surface area contributed by atoms with Gasteiger partial charge in [-0.3, -0.25) is 4.99 Å². The molecule has 1 aliphatic carbocycles. The molecule has 0 bridgehead atoms. The second-order valence-electron chi connectivity index (χ2n) is 6.20. The van der Waals surface area contributed by atoms with E-state index in [1.807, 2.05) is 32.2 Å². The van der Waals surface area contributed by atoms with E-state index in [0.29, 0.717) is 18.0 Å². The Balaban J connectivity index is 1.97. The number of nitrogens with one attached hydrogen (secondary N) is 1. The van der Waals surface area contributed by atoms with Gasteiger partial charge >= 0.3 is 0 Å². The molecule has 120 valence electrons. The van der Waals surface area contributed by atoms with Crippen molar-refractivity contribution in [2.45, 2.75) is 26.3 Å². The zero-order valence-electron chi connectivity index (χ0n) is 13.1. The molecule has 0 saturated carbocycles. The van der Waals surface area contributed by atoms with E-state index in [1.54, 1.807) is 16.6 Å². The van der Waals surface area contributed by atoms with Crippen LogP contribution in [0, 0.1) is 11.8 Å². The molecule has 0 aromatic rings. The second kappa shape index (κ2) is 6.10. The normalized spacial score (nSPS) is 32.9. The standard InChI is InChI=1S/C16H23N3O2S/c1-12-9-18-11-14-5-3-6-15(16(12)14)22(20,21)19-8-4-7-17-10-13(19)2/h3,5-6,9,11,13-14,16-17H,4,7-8,10H2,1-2H3/t13-,14?,16?/m0/s1. The van der Waals surface area contributed by atoms with Gasteiger partial charge in [0.05, 0.1) is 4.91 Å². The SMILES string of the molecule is CC1=CN=CC2C=CC=C(S(=O)(=O)N3CCCNC[C@@H]3C)C12. The fraction of sp³-hybridized carbons (Fsp3) is 0.562. The van der Waals surface area contributed by atoms with Crippen molar-refractivity contribution in [1.29, 1.82) is 0 Å². The number of rotatable bonds is 2. The molecule has 0 aromatic heterocycles. The van der Waals surface area contributed by atoms with Crippen molar-refractivity contribution >= 4 is 16.2 Å². The van der Waals surface area contributed by atoms with E-state index in [0.717, 1.165) is 18.5 Å². The number of sulfonamides is 1. The molecule has 6 heteroatoms. The van der Waals surface area contributed by atoms with Gasteiger partial charge in [-0.05, 0) is 38.5 Å². The van der Waals surface area contributed by atoms with Crippen LogP contribution in [0.2, 0.25) is 0 Å². The lowest BCUT2D eigenvalue weighted by Gasteiger charge is -2.34. The van der Waals surface area contributed by atoms with E-state index in [2.05, 4.69) is 10.3 Å². The zero-order chi connectivity index (χ0) is 15.7. The van der Waals surface area contributed by atoms with E-state index >= 15 is 0 Å². The third-order valence-corrected chi connectivity index (χ3v) is 6.73. The van der Waals surface area contributed by atoms with E-state index in [4.69, 9.17) is 0 Å². The predicted molar refractivity (Wildman–Crippen MR) is 89.0 cm³/mol. The van der Waals surface area contributed by atoms with Crippen LogP contribution in [0.15, 0.2) is 39.9 Å². The average molecular weight is 321 g/mol. The summed E-state index contributed by atoms with van der Waals surface area (Å²) in [6, 6.07) is -0.0284. The smallest absolute Gasteiger partial charge is 0.240 e. The Kier molecular flexibility index (Phi) is 4.34. The van der Waals surface area contributed by atoms with Crippen LogP contribution >= 0.6 is 0 Å². The lowest BCUT2D eigenvalue weighted by atomic mass is 9.83. The summed E-state index contributed by atoms with van der Waals surface area (Å²) in [7, 11) is -3.46. The van der Waals surface area contributed by atoms with E-state index in [-0.39, 0.29) is 17.9 Å². The highest BCUT2D eigenvalue weighted by atomic mass is 32.2. The molecule has 0 radical (unpaired) electrons. The first-order valence-corrected chi connectivity index (χ1v) is 9.26. The summed E-state index contributed by atoms with van der Waals surface area (Å²) < 4.78 is 28.1. The topological polar surface area (TPSA) is 61.8 Å². The van der Waals surface area contributed by atoms with Gasteiger partial charge in [-0.2, -0.15) is 4.31 Å². The first-order valence-electron chi connectivity index (χ1n) is 7.82. The first-order chi connectivity index (χ1) is 10.5. The highest BCUT2D eigenvalue weighted by Crippen LogP contribution is 2.38. The van der Waals surface area contributed by atoms with E-state index in [1.165, 1.54) is 0 Å². The highest BCUT2D eigenvalue weighted by molar-refractivity contribution is 7.93. The quantitative estimate of drug-likeness (QED) is 0.841. The number of allylic oxidation sites excluding steroid dienone is 5. The van der Waals surface area contributed by atoms with Gasteiger partial charge in [0, 0.05) is 43.4 Å². The van der Waals surface area contributed by atoms with Gasteiger partial charge in [-0.25, -0.2) is 8.42 Å². The molecule has 1 fully saturated rings. The summed E-state index contributed by atoms with van der Waals surface area (Å²) in [5, 5.41) is 3.29.